The third-order valence-electron chi connectivity index (χ3n) is 5.35. The van der Waals surface area contributed by atoms with E-state index in [4.69, 9.17) is 4.42 Å². The van der Waals surface area contributed by atoms with Gasteiger partial charge in [0, 0.05) is 23.1 Å². The van der Waals surface area contributed by atoms with E-state index in [1.54, 1.807) is 12.1 Å². The summed E-state index contributed by atoms with van der Waals surface area (Å²) < 4.78 is 10.4. The number of hydrogen-bond donors (Lipinski definition) is 0. The van der Waals surface area contributed by atoms with Crippen LogP contribution in [0, 0.1) is 10.1 Å². The fraction of sp³-hybridized carbons (Fsp3) is 0.0800. The number of furan rings is 1. The molecule has 0 aliphatic heterocycles. The van der Waals surface area contributed by atoms with Gasteiger partial charge in [-0.2, -0.15) is 0 Å². The number of benzene rings is 3. The molecule has 1 atom stereocenters. The van der Waals surface area contributed by atoms with E-state index < -0.39 is 0 Å². The first-order valence-electron chi connectivity index (χ1n) is 10.0. The minimum absolute atomic E-state index is 0.0975. The van der Waals surface area contributed by atoms with Crippen molar-refractivity contribution in [3.8, 4) is 0 Å². The number of hydrogen-bond acceptors (Lipinski definition) is 3. The summed E-state index contributed by atoms with van der Waals surface area (Å²) in [6, 6.07) is 26.9. The van der Waals surface area contributed by atoms with Gasteiger partial charge in [-0.3, -0.25) is 10.1 Å². The maximum atomic E-state index is 10.9. The highest BCUT2D eigenvalue weighted by Crippen LogP contribution is 2.31. The maximum Gasteiger partial charge on any atom is 0.269 e. The van der Waals surface area contributed by atoms with Crippen LogP contribution in [0.2, 0.25) is 0 Å². The Balaban J connectivity index is 1.49. The maximum absolute atomic E-state index is 10.9. The lowest BCUT2D eigenvalue weighted by atomic mass is 10.0. The Labute approximate surface area is 178 Å². The molecule has 0 N–H and O–H groups in total. The summed E-state index contributed by atoms with van der Waals surface area (Å²) in [6.45, 7) is 0.618. The van der Waals surface area contributed by atoms with Crippen molar-refractivity contribution in [2.75, 3.05) is 0 Å². The van der Waals surface area contributed by atoms with Gasteiger partial charge in [-0.05, 0) is 29.8 Å². The van der Waals surface area contributed by atoms with E-state index in [9.17, 15) is 10.1 Å². The zero-order chi connectivity index (χ0) is 21.2. The van der Waals surface area contributed by atoms with Gasteiger partial charge >= 0.3 is 0 Å². The lowest BCUT2D eigenvalue weighted by molar-refractivity contribution is -0.687. The van der Waals surface area contributed by atoms with Gasteiger partial charge in [-0.15, -0.1) is 0 Å². The molecule has 1 unspecified atom stereocenters. The van der Waals surface area contributed by atoms with Crippen molar-refractivity contribution in [1.29, 1.82) is 0 Å². The van der Waals surface area contributed by atoms with Crippen molar-refractivity contribution >= 4 is 16.7 Å². The largest absolute Gasteiger partial charge is 0.456 e. The van der Waals surface area contributed by atoms with Gasteiger partial charge in [0.1, 0.15) is 24.5 Å². The molecule has 2 heterocycles. The highest BCUT2D eigenvalue weighted by Gasteiger charge is 2.25. The van der Waals surface area contributed by atoms with Crippen LogP contribution in [0.5, 0.6) is 0 Å². The number of fused-ring (bicyclic) bond motifs is 1. The van der Waals surface area contributed by atoms with E-state index in [0.29, 0.717) is 6.54 Å². The van der Waals surface area contributed by atoms with E-state index in [1.165, 1.54) is 12.1 Å². The van der Waals surface area contributed by atoms with Crippen LogP contribution >= 0.6 is 0 Å². The van der Waals surface area contributed by atoms with E-state index in [1.807, 2.05) is 55.1 Å². The molecule has 152 valence electrons. The molecule has 0 fully saturated rings. The van der Waals surface area contributed by atoms with Crippen LogP contribution < -0.4 is 4.57 Å². The Morgan fingerprint density at radius 3 is 2.45 bits per heavy atom. The number of para-hydroxylation sites is 1. The van der Waals surface area contributed by atoms with E-state index in [2.05, 4.69) is 33.4 Å². The molecule has 0 amide bonds. The Kier molecular flexibility index (Phi) is 4.80. The molecular formula is C25H20N3O3+. The quantitative estimate of drug-likeness (QED) is 0.222. The molecule has 0 aliphatic rings. The van der Waals surface area contributed by atoms with Crippen LogP contribution in [0.15, 0.2) is 108 Å². The lowest BCUT2D eigenvalue weighted by Gasteiger charge is -2.11. The van der Waals surface area contributed by atoms with Crippen LogP contribution in [-0.2, 0) is 6.54 Å². The zero-order valence-electron chi connectivity index (χ0n) is 16.7. The summed E-state index contributed by atoms with van der Waals surface area (Å²) >= 11 is 0. The Bertz CT molecular complexity index is 1300. The lowest BCUT2D eigenvalue weighted by Crippen LogP contribution is -2.32. The molecule has 0 saturated heterocycles. The number of aromatic nitrogens is 2. The van der Waals surface area contributed by atoms with Gasteiger partial charge in [0.2, 0.25) is 6.33 Å². The summed E-state index contributed by atoms with van der Waals surface area (Å²) in [5.41, 5.74) is 3.08. The highest BCUT2D eigenvalue weighted by molar-refractivity contribution is 5.78. The average Bonchev–Trinajstić information content (AvgIpc) is 3.42. The molecule has 0 radical (unpaired) electrons. The predicted molar refractivity (Wildman–Crippen MR) is 117 cm³/mol. The zero-order valence-corrected chi connectivity index (χ0v) is 16.7. The van der Waals surface area contributed by atoms with Gasteiger partial charge < -0.3 is 4.42 Å². The SMILES string of the molecule is O=[N+]([O-])c1ccc(C[n+]2ccn(C(c3ccccc3)c3cc4ccccc4o3)c2)cc1. The standard InChI is InChI=1S/C25H20N3O3/c29-28(30)22-12-10-19(11-13-22)17-26-14-15-27(18-26)25(20-6-2-1-3-7-20)24-16-21-8-4-5-9-23(21)31-24/h1-16,18,25H,17H2/q+1. The van der Waals surface area contributed by atoms with Gasteiger partial charge in [0.25, 0.3) is 5.69 Å². The molecule has 2 aromatic heterocycles. The Morgan fingerprint density at radius 1 is 0.968 bits per heavy atom. The van der Waals surface area contributed by atoms with Gasteiger partial charge in [-0.1, -0.05) is 48.5 Å². The van der Waals surface area contributed by atoms with Crippen LogP contribution in [0.3, 0.4) is 0 Å². The first kappa shape index (κ1) is 18.8. The molecule has 5 rings (SSSR count). The van der Waals surface area contributed by atoms with Crippen molar-refractivity contribution in [3.05, 3.63) is 131 Å². The fourth-order valence-corrected chi connectivity index (χ4v) is 3.85. The van der Waals surface area contributed by atoms with E-state index >= 15 is 0 Å². The number of nitro benzene ring substituents is 1. The van der Waals surface area contributed by atoms with Crippen molar-refractivity contribution in [1.82, 2.24) is 4.57 Å². The van der Waals surface area contributed by atoms with Crippen LogP contribution in [0.4, 0.5) is 5.69 Å². The minimum Gasteiger partial charge on any atom is -0.456 e. The molecule has 0 spiro atoms. The minimum atomic E-state index is -0.384. The summed E-state index contributed by atoms with van der Waals surface area (Å²) in [5, 5.41) is 11.9. The van der Waals surface area contributed by atoms with Crippen LogP contribution in [0.25, 0.3) is 11.0 Å². The van der Waals surface area contributed by atoms with Crippen molar-refractivity contribution in [2.24, 2.45) is 0 Å². The molecule has 6 nitrogen and oxygen atoms in total. The second-order valence-electron chi connectivity index (χ2n) is 7.46. The molecule has 6 heteroatoms. The third kappa shape index (κ3) is 3.83. The summed E-state index contributed by atoms with van der Waals surface area (Å²) in [7, 11) is 0. The fourth-order valence-electron chi connectivity index (χ4n) is 3.85. The third-order valence-corrected chi connectivity index (χ3v) is 5.35. The number of nitro groups is 1. The normalized spacial score (nSPS) is 12.1. The Hall–Kier alpha value is -4.19. The van der Waals surface area contributed by atoms with Crippen LogP contribution in [0.1, 0.15) is 22.9 Å². The number of imidazole rings is 1. The molecule has 31 heavy (non-hydrogen) atoms. The molecule has 3 aromatic carbocycles. The van der Waals surface area contributed by atoms with Crippen molar-refractivity contribution < 1.29 is 13.9 Å². The van der Waals surface area contributed by atoms with Gasteiger partial charge in [0.15, 0.2) is 11.8 Å². The summed E-state index contributed by atoms with van der Waals surface area (Å²) in [4.78, 5) is 10.5. The number of rotatable bonds is 6. The molecule has 0 saturated carbocycles. The highest BCUT2D eigenvalue weighted by atomic mass is 16.6. The van der Waals surface area contributed by atoms with E-state index in [-0.39, 0.29) is 16.7 Å². The van der Waals surface area contributed by atoms with Crippen LogP contribution in [-0.4, -0.2) is 9.49 Å². The van der Waals surface area contributed by atoms with Gasteiger partial charge in [0.05, 0.1) is 4.92 Å². The Morgan fingerprint density at radius 2 is 1.71 bits per heavy atom. The molecule has 0 aliphatic carbocycles. The molecule has 5 aromatic rings. The smallest absolute Gasteiger partial charge is 0.269 e. The van der Waals surface area contributed by atoms with E-state index in [0.717, 1.165) is 27.9 Å². The summed E-state index contributed by atoms with van der Waals surface area (Å²) in [5.74, 6) is 0.866. The summed E-state index contributed by atoms with van der Waals surface area (Å²) in [6.07, 6.45) is 6.06. The predicted octanol–water partition coefficient (Wildman–Crippen LogP) is 5.12. The topological polar surface area (TPSA) is 65.1 Å². The number of nitrogens with zero attached hydrogens (tertiary/aromatic N) is 3. The number of non-ortho nitro benzene ring substituents is 1. The second-order valence-corrected chi connectivity index (χ2v) is 7.46. The average molecular weight is 410 g/mol. The van der Waals surface area contributed by atoms with Crippen molar-refractivity contribution in [2.45, 2.75) is 12.6 Å². The monoisotopic (exact) mass is 410 g/mol. The first-order chi connectivity index (χ1) is 15.2. The second kappa shape index (κ2) is 7.91. The van der Waals surface area contributed by atoms with Crippen molar-refractivity contribution in [3.63, 3.8) is 0 Å². The van der Waals surface area contributed by atoms with Gasteiger partial charge in [-0.25, -0.2) is 9.13 Å². The molecule has 0 bridgehead atoms. The molecular weight excluding hydrogens is 390 g/mol. The first-order valence-corrected chi connectivity index (χ1v) is 10.0.